The average Bonchev–Trinajstić information content (AvgIpc) is 1.94. The smallest absolute Gasteiger partial charge is 0.143 e. The van der Waals surface area contributed by atoms with Crippen molar-refractivity contribution >= 4 is 18.7 Å². The van der Waals surface area contributed by atoms with Gasteiger partial charge in [0, 0.05) is 0 Å². The van der Waals surface area contributed by atoms with Crippen LogP contribution in [0.3, 0.4) is 0 Å². The lowest BCUT2D eigenvalue weighted by Gasteiger charge is -2.12. The van der Waals surface area contributed by atoms with Crippen LogP contribution in [0.5, 0.6) is 0 Å². The SMILES string of the molecule is C[Si](C)(C)SOCC=CCC#N. The Morgan fingerprint density at radius 2 is 2.08 bits per heavy atom. The maximum absolute atomic E-state index is 8.21. The van der Waals surface area contributed by atoms with Gasteiger partial charge in [0.05, 0.1) is 19.1 Å². The predicted molar refractivity (Wildman–Crippen MR) is 56.3 cm³/mol. The molecule has 0 radical (unpaired) electrons. The van der Waals surface area contributed by atoms with E-state index in [0.29, 0.717) is 13.0 Å². The summed E-state index contributed by atoms with van der Waals surface area (Å²) in [5.74, 6) is 0. The molecule has 0 rings (SSSR count). The van der Waals surface area contributed by atoms with Crippen molar-refractivity contribution in [3.8, 4) is 6.07 Å². The highest BCUT2D eigenvalue weighted by Crippen LogP contribution is 2.19. The third-order valence-electron chi connectivity index (χ3n) is 0.849. The maximum Gasteiger partial charge on any atom is 0.143 e. The van der Waals surface area contributed by atoms with Gasteiger partial charge in [-0.15, -0.1) is 0 Å². The van der Waals surface area contributed by atoms with Gasteiger partial charge in [0.25, 0.3) is 0 Å². The van der Waals surface area contributed by atoms with Crippen molar-refractivity contribution < 1.29 is 4.18 Å². The minimum atomic E-state index is -1.13. The molecular formula is C8H15NOSSi. The van der Waals surface area contributed by atoms with E-state index in [2.05, 4.69) is 19.6 Å². The summed E-state index contributed by atoms with van der Waals surface area (Å²) in [6.45, 7) is 7.31. The zero-order valence-corrected chi connectivity index (χ0v) is 9.65. The van der Waals surface area contributed by atoms with Crippen molar-refractivity contribution in [1.29, 1.82) is 5.26 Å². The van der Waals surface area contributed by atoms with Crippen molar-refractivity contribution in [2.24, 2.45) is 0 Å². The normalized spacial score (nSPS) is 11.8. The van der Waals surface area contributed by atoms with Crippen molar-refractivity contribution in [2.75, 3.05) is 6.61 Å². The van der Waals surface area contributed by atoms with Crippen LogP contribution in [0, 0.1) is 11.3 Å². The summed E-state index contributed by atoms with van der Waals surface area (Å²) in [7, 11) is -1.13. The van der Waals surface area contributed by atoms with E-state index in [1.807, 2.05) is 18.2 Å². The Morgan fingerprint density at radius 1 is 1.42 bits per heavy atom. The van der Waals surface area contributed by atoms with Gasteiger partial charge in [0.2, 0.25) is 0 Å². The van der Waals surface area contributed by atoms with Crippen LogP contribution in [0.4, 0.5) is 0 Å². The van der Waals surface area contributed by atoms with E-state index < -0.39 is 7.22 Å². The molecule has 0 aromatic carbocycles. The van der Waals surface area contributed by atoms with E-state index in [1.54, 1.807) is 11.5 Å². The molecule has 0 N–H and O–H groups in total. The molecule has 0 atom stereocenters. The monoisotopic (exact) mass is 201 g/mol. The average molecular weight is 201 g/mol. The van der Waals surface area contributed by atoms with Gasteiger partial charge in [-0.3, -0.25) is 0 Å². The van der Waals surface area contributed by atoms with Gasteiger partial charge in [0.1, 0.15) is 7.22 Å². The lowest BCUT2D eigenvalue weighted by atomic mass is 10.4. The molecule has 0 aliphatic carbocycles. The minimum Gasteiger partial charge on any atom is -0.318 e. The number of allylic oxidation sites excluding steroid dienone is 1. The van der Waals surface area contributed by atoms with Gasteiger partial charge in [0.15, 0.2) is 0 Å². The van der Waals surface area contributed by atoms with Crippen molar-refractivity contribution in [3.05, 3.63) is 12.2 Å². The summed E-state index contributed by atoms with van der Waals surface area (Å²) in [6.07, 6.45) is 4.18. The van der Waals surface area contributed by atoms with Gasteiger partial charge in [-0.2, -0.15) is 5.26 Å². The Bertz CT molecular complexity index is 180. The molecule has 0 aliphatic rings. The van der Waals surface area contributed by atoms with Gasteiger partial charge < -0.3 is 4.18 Å². The number of hydrogen-bond acceptors (Lipinski definition) is 3. The van der Waals surface area contributed by atoms with Crippen LogP contribution in [-0.4, -0.2) is 13.8 Å². The number of nitrogens with zero attached hydrogens (tertiary/aromatic N) is 1. The second kappa shape index (κ2) is 6.29. The van der Waals surface area contributed by atoms with E-state index in [0.717, 1.165) is 0 Å². The molecule has 0 fully saturated rings. The van der Waals surface area contributed by atoms with Gasteiger partial charge in [-0.05, 0) is 11.5 Å². The van der Waals surface area contributed by atoms with E-state index >= 15 is 0 Å². The topological polar surface area (TPSA) is 33.0 Å². The third kappa shape index (κ3) is 9.76. The number of rotatable bonds is 5. The molecule has 0 spiro atoms. The predicted octanol–water partition coefficient (Wildman–Crippen LogP) is 2.96. The molecular weight excluding hydrogens is 186 g/mol. The molecule has 0 amide bonds. The Morgan fingerprint density at radius 3 is 2.58 bits per heavy atom. The van der Waals surface area contributed by atoms with Crippen LogP contribution in [0.1, 0.15) is 6.42 Å². The van der Waals surface area contributed by atoms with Crippen molar-refractivity contribution in [3.63, 3.8) is 0 Å². The largest absolute Gasteiger partial charge is 0.318 e. The van der Waals surface area contributed by atoms with Crippen LogP contribution < -0.4 is 0 Å². The van der Waals surface area contributed by atoms with E-state index in [1.165, 1.54) is 0 Å². The van der Waals surface area contributed by atoms with Gasteiger partial charge in [-0.25, -0.2) is 0 Å². The summed E-state index contributed by atoms with van der Waals surface area (Å²) >= 11 is 1.60. The fourth-order valence-electron chi connectivity index (χ4n) is 0.454. The second-order valence-electron chi connectivity index (χ2n) is 3.31. The number of hydrogen-bond donors (Lipinski definition) is 0. The van der Waals surface area contributed by atoms with Gasteiger partial charge >= 0.3 is 0 Å². The molecule has 0 saturated carbocycles. The number of nitriles is 1. The molecule has 0 bridgehead atoms. The van der Waals surface area contributed by atoms with Crippen LogP contribution in [0.15, 0.2) is 12.2 Å². The first-order valence-electron chi connectivity index (χ1n) is 3.89. The van der Waals surface area contributed by atoms with Crippen molar-refractivity contribution in [2.45, 2.75) is 26.1 Å². The quantitative estimate of drug-likeness (QED) is 0.297. The lowest BCUT2D eigenvalue weighted by molar-refractivity contribution is 0.434. The maximum atomic E-state index is 8.21. The second-order valence-corrected chi connectivity index (χ2v) is 12.1. The first-order chi connectivity index (χ1) is 5.56. The first-order valence-corrected chi connectivity index (χ1v) is 8.85. The molecule has 0 heterocycles. The Labute approximate surface area is 79.5 Å². The summed E-state index contributed by atoms with van der Waals surface area (Å²) in [5.41, 5.74) is 0. The first kappa shape index (κ1) is 11.8. The molecule has 2 nitrogen and oxygen atoms in total. The zero-order chi connectivity index (χ0) is 9.45. The van der Waals surface area contributed by atoms with Crippen molar-refractivity contribution in [1.82, 2.24) is 0 Å². The Balaban J connectivity index is 3.29. The molecule has 0 unspecified atom stereocenters. The lowest BCUT2D eigenvalue weighted by Crippen LogP contribution is -2.14. The molecule has 0 aliphatic heterocycles. The summed E-state index contributed by atoms with van der Waals surface area (Å²) in [5, 5.41) is 8.21. The fourth-order valence-corrected chi connectivity index (χ4v) is 2.22. The molecule has 4 heteroatoms. The molecule has 0 aromatic rings. The van der Waals surface area contributed by atoms with Crippen LogP contribution >= 0.6 is 11.5 Å². The zero-order valence-electron chi connectivity index (χ0n) is 7.83. The summed E-state index contributed by atoms with van der Waals surface area (Å²) < 4.78 is 5.33. The minimum absolute atomic E-state index is 0.473. The Kier molecular flexibility index (Phi) is 6.16. The molecule has 0 saturated heterocycles. The van der Waals surface area contributed by atoms with Crippen LogP contribution in [-0.2, 0) is 4.18 Å². The van der Waals surface area contributed by atoms with Gasteiger partial charge in [-0.1, -0.05) is 31.8 Å². The highest BCUT2D eigenvalue weighted by atomic mass is 32.4. The summed E-state index contributed by atoms with van der Waals surface area (Å²) in [6, 6.07) is 2.03. The molecule has 0 aromatic heterocycles. The molecule has 12 heavy (non-hydrogen) atoms. The highest BCUT2D eigenvalue weighted by molar-refractivity contribution is 8.25. The summed E-state index contributed by atoms with van der Waals surface area (Å²) in [4.78, 5) is 0. The fraction of sp³-hybridized carbons (Fsp3) is 0.625. The van der Waals surface area contributed by atoms with E-state index in [9.17, 15) is 0 Å². The van der Waals surface area contributed by atoms with Crippen LogP contribution in [0.25, 0.3) is 0 Å². The molecule has 68 valence electrons. The highest BCUT2D eigenvalue weighted by Gasteiger charge is 2.14. The van der Waals surface area contributed by atoms with Crippen LogP contribution in [0.2, 0.25) is 19.6 Å². The van der Waals surface area contributed by atoms with E-state index in [-0.39, 0.29) is 0 Å². The third-order valence-corrected chi connectivity index (χ3v) is 3.46. The van der Waals surface area contributed by atoms with E-state index in [4.69, 9.17) is 9.44 Å². The Hall–Kier alpha value is -0.243. The standard InChI is InChI=1S/C8H15NOSSi/c1-12(2,3)11-10-8-6-4-5-7-9/h4,6H,5,8H2,1-3H3.